The number of nitrogens with zero attached hydrogens (tertiary/aromatic N) is 2. The van der Waals surface area contributed by atoms with Gasteiger partial charge in [-0.15, -0.1) is 23.5 Å². The van der Waals surface area contributed by atoms with Gasteiger partial charge in [-0.25, -0.2) is 0 Å². The lowest BCUT2D eigenvalue weighted by Gasteiger charge is -2.21. The average molecular weight is 685 g/mol. The van der Waals surface area contributed by atoms with Crippen LogP contribution < -0.4 is 10.6 Å². The van der Waals surface area contributed by atoms with E-state index >= 15 is 0 Å². The average Bonchev–Trinajstić information content (AvgIpc) is 3.09. The molecule has 2 unspecified atom stereocenters. The number of hydrogen-bond donors (Lipinski definition) is 2. The Morgan fingerprint density at radius 1 is 0.653 bits per heavy atom. The molecule has 3 aromatic rings. The van der Waals surface area contributed by atoms with Gasteiger partial charge >= 0.3 is 0 Å². The predicted octanol–water partition coefficient (Wildman–Crippen LogP) is 7.07. The highest BCUT2D eigenvalue weighted by Crippen LogP contribution is 2.37. The zero-order valence-electron chi connectivity index (χ0n) is 27.1. The van der Waals surface area contributed by atoms with E-state index in [0.717, 1.165) is 20.9 Å². The van der Waals surface area contributed by atoms with E-state index in [1.807, 2.05) is 48.5 Å². The molecule has 0 fully saturated rings. The number of allylic oxidation sites excluding steroid dienone is 6. The Kier molecular flexibility index (Phi) is 11.1. The first kappa shape index (κ1) is 34.9. The molecule has 0 amide bonds. The van der Waals surface area contributed by atoms with Crippen molar-refractivity contribution in [3.8, 4) is 12.1 Å². The van der Waals surface area contributed by atoms with Crippen LogP contribution in [0.4, 0.5) is 11.4 Å². The van der Waals surface area contributed by atoms with E-state index in [-0.39, 0.29) is 11.1 Å². The highest BCUT2D eigenvalue weighted by atomic mass is 32.2. The van der Waals surface area contributed by atoms with Crippen molar-refractivity contribution in [1.82, 2.24) is 0 Å². The van der Waals surface area contributed by atoms with Crippen LogP contribution in [0.25, 0.3) is 0 Å². The molecule has 2 N–H and O–H groups in total. The molecule has 8 nitrogen and oxygen atoms in total. The van der Waals surface area contributed by atoms with Gasteiger partial charge in [0, 0.05) is 43.8 Å². The summed E-state index contributed by atoms with van der Waals surface area (Å²) < 4.78 is 0. The van der Waals surface area contributed by atoms with Gasteiger partial charge < -0.3 is 10.6 Å². The number of anilines is 2. The summed E-state index contributed by atoms with van der Waals surface area (Å²) in [6.07, 6.45) is 8.38. The van der Waals surface area contributed by atoms with E-state index in [2.05, 4.69) is 49.6 Å². The number of thioether (sulfide) groups is 2. The fourth-order valence-corrected chi connectivity index (χ4v) is 8.03. The molecule has 49 heavy (non-hydrogen) atoms. The van der Waals surface area contributed by atoms with Crippen molar-refractivity contribution < 1.29 is 19.2 Å². The Labute approximate surface area is 293 Å². The molecule has 0 spiro atoms. The van der Waals surface area contributed by atoms with Gasteiger partial charge in [-0.1, -0.05) is 54.6 Å². The molecule has 0 radical (unpaired) electrons. The zero-order valence-corrected chi connectivity index (χ0v) is 28.7. The second kappa shape index (κ2) is 15.7. The minimum absolute atomic E-state index is 0.119. The first-order valence-electron chi connectivity index (χ1n) is 15.4. The number of aryl methyl sites for hydroxylation is 2. The van der Waals surface area contributed by atoms with Crippen LogP contribution in [0.15, 0.2) is 112 Å². The molecule has 3 aromatic carbocycles. The molecular weight excluding hydrogens is 653 g/mol. The van der Waals surface area contributed by atoms with Crippen LogP contribution in [-0.2, 0) is 30.7 Å². The van der Waals surface area contributed by atoms with Gasteiger partial charge in [0.05, 0.1) is 12.1 Å². The van der Waals surface area contributed by atoms with E-state index in [4.69, 9.17) is 0 Å². The molecule has 2 aliphatic carbocycles. The summed E-state index contributed by atoms with van der Waals surface area (Å²) in [5.41, 5.74) is 7.50. The van der Waals surface area contributed by atoms with Crippen LogP contribution in [0.2, 0.25) is 0 Å². The number of carbonyl (C=O) groups excluding carboxylic acids is 4. The van der Waals surface area contributed by atoms with Gasteiger partial charge in [-0.3, -0.25) is 19.2 Å². The van der Waals surface area contributed by atoms with Crippen LogP contribution in [0.3, 0.4) is 0 Å². The van der Waals surface area contributed by atoms with Gasteiger partial charge in [-0.05, 0) is 85.0 Å². The lowest BCUT2D eigenvalue weighted by Crippen LogP contribution is -2.30. The number of Topliss-reactive ketones (excluding diaryl/α,β-unsaturated/α-hetero) is 2. The van der Waals surface area contributed by atoms with E-state index in [1.165, 1.54) is 53.1 Å². The van der Waals surface area contributed by atoms with Crippen molar-refractivity contribution in [2.75, 3.05) is 10.6 Å². The standard InChI is InChI=1S/C39H32N4O4S2/c1-23-18-24(2)29(22-49-37-17-7-5-13-31(37)43-33(20-41)27-11-9-15-35(45)39(27)47)25(3)28(23)21-48-36-16-6-4-12-30(36)42-32(19-40)26-10-8-14-34(44)38(26)46/h4-18,32-33,42-43H,21-22H2,1-3H3. The minimum atomic E-state index is -0.977. The summed E-state index contributed by atoms with van der Waals surface area (Å²) in [6.45, 7) is 6.31. The summed E-state index contributed by atoms with van der Waals surface area (Å²) in [5.74, 6) is -1.33. The Morgan fingerprint density at radius 3 is 1.47 bits per heavy atom. The van der Waals surface area contributed by atoms with Gasteiger partial charge in [0.1, 0.15) is 12.1 Å². The topological polar surface area (TPSA) is 140 Å². The third-order valence-electron chi connectivity index (χ3n) is 8.31. The predicted molar refractivity (Wildman–Crippen MR) is 193 cm³/mol. The number of rotatable bonds is 12. The van der Waals surface area contributed by atoms with Crippen molar-refractivity contribution >= 4 is 58.0 Å². The summed E-state index contributed by atoms with van der Waals surface area (Å²) in [4.78, 5) is 50.6. The molecular formula is C39H32N4O4S2. The summed E-state index contributed by atoms with van der Waals surface area (Å²) in [7, 11) is 0. The first-order chi connectivity index (χ1) is 23.6. The molecule has 0 saturated carbocycles. The summed E-state index contributed by atoms with van der Waals surface area (Å²) in [6, 6.07) is 19.6. The van der Waals surface area contributed by atoms with Crippen LogP contribution in [-0.4, -0.2) is 35.2 Å². The number of nitrogens with one attached hydrogen (secondary N) is 2. The molecule has 0 heterocycles. The number of benzene rings is 3. The quantitative estimate of drug-likeness (QED) is 0.116. The molecule has 2 atom stereocenters. The third-order valence-corrected chi connectivity index (χ3v) is 10.5. The van der Waals surface area contributed by atoms with E-state index in [1.54, 1.807) is 23.5 Å². The monoisotopic (exact) mass is 684 g/mol. The number of carbonyl (C=O) groups is 4. The molecule has 244 valence electrons. The maximum Gasteiger partial charge on any atom is 0.232 e. The minimum Gasteiger partial charge on any atom is -0.365 e. The highest BCUT2D eigenvalue weighted by Gasteiger charge is 2.28. The van der Waals surface area contributed by atoms with E-state index in [9.17, 15) is 29.7 Å². The smallest absolute Gasteiger partial charge is 0.232 e. The number of hydrogen-bond acceptors (Lipinski definition) is 10. The van der Waals surface area contributed by atoms with Crippen LogP contribution in [0, 0.1) is 43.4 Å². The first-order valence-corrected chi connectivity index (χ1v) is 17.4. The molecule has 0 aliphatic heterocycles. The molecule has 0 saturated heterocycles. The Morgan fingerprint density at radius 2 is 1.06 bits per heavy atom. The van der Waals surface area contributed by atoms with Gasteiger partial charge in [0.15, 0.2) is 0 Å². The van der Waals surface area contributed by atoms with Crippen molar-refractivity contribution in [2.24, 2.45) is 0 Å². The van der Waals surface area contributed by atoms with Crippen molar-refractivity contribution in [1.29, 1.82) is 10.5 Å². The maximum atomic E-state index is 12.4. The van der Waals surface area contributed by atoms with Crippen molar-refractivity contribution in [3.63, 3.8) is 0 Å². The zero-order chi connectivity index (χ0) is 35.1. The molecule has 2 aliphatic rings. The second-order valence-corrected chi connectivity index (χ2v) is 13.5. The number of para-hydroxylation sites is 2. The van der Waals surface area contributed by atoms with E-state index < -0.39 is 35.2 Å². The molecule has 5 rings (SSSR count). The van der Waals surface area contributed by atoms with Crippen LogP contribution >= 0.6 is 23.5 Å². The van der Waals surface area contributed by atoms with Crippen LogP contribution in [0.1, 0.15) is 27.8 Å². The fraction of sp³-hybridized carbons (Fsp3) is 0.179. The van der Waals surface area contributed by atoms with E-state index in [0.29, 0.717) is 22.9 Å². The van der Waals surface area contributed by atoms with Gasteiger partial charge in [-0.2, -0.15) is 10.5 Å². The maximum absolute atomic E-state index is 12.4. The Hall–Kier alpha value is -5.42. The Bertz CT molecular complexity index is 1940. The normalized spacial score (nSPS) is 15.2. The molecule has 10 heteroatoms. The van der Waals surface area contributed by atoms with Crippen LogP contribution in [0.5, 0.6) is 0 Å². The van der Waals surface area contributed by atoms with Gasteiger partial charge in [0.2, 0.25) is 23.1 Å². The summed E-state index contributed by atoms with van der Waals surface area (Å²) in [5, 5.41) is 26.0. The highest BCUT2D eigenvalue weighted by molar-refractivity contribution is 7.99. The lowest BCUT2D eigenvalue weighted by molar-refractivity contribution is -0.131. The summed E-state index contributed by atoms with van der Waals surface area (Å²) >= 11 is 3.23. The molecule has 0 bridgehead atoms. The lowest BCUT2D eigenvalue weighted by atomic mass is 9.95. The second-order valence-electron chi connectivity index (χ2n) is 11.4. The fourth-order valence-electron chi connectivity index (χ4n) is 5.63. The number of nitriles is 2. The third kappa shape index (κ3) is 7.84. The largest absolute Gasteiger partial charge is 0.365 e. The van der Waals surface area contributed by atoms with Crippen molar-refractivity contribution in [2.45, 2.75) is 54.2 Å². The number of ketones is 4. The Balaban J connectivity index is 1.33. The van der Waals surface area contributed by atoms with Gasteiger partial charge in [0.25, 0.3) is 0 Å². The van der Waals surface area contributed by atoms with Crippen molar-refractivity contribution in [3.05, 3.63) is 130 Å². The molecule has 0 aromatic heterocycles. The SMILES string of the molecule is Cc1cc(C)c(CSc2ccccc2NC(C#N)C2=CC=CC(=O)C2=O)c(C)c1CSc1ccccc1NC(C#N)C1=CC=CC(=O)C1=O.